The van der Waals surface area contributed by atoms with Crippen molar-refractivity contribution >= 4 is 35.0 Å². The summed E-state index contributed by atoms with van der Waals surface area (Å²) in [4.78, 5) is 89.6. The number of imidazole rings is 1. The number of carbonyl (C=O) groups excluding carboxylic acids is 5. The van der Waals surface area contributed by atoms with E-state index in [-0.39, 0.29) is 71.5 Å². The molecule has 0 saturated carbocycles. The first-order valence-corrected chi connectivity index (χ1v) is 25.1. The van der Waals surface area contributed by atoms with E-state index in [9.17, 15) is 44.6 Å². The van der Waals surface area contributed by atoms with Gasteiger partial charge in [-0.05, 0) is 42.5 Å². The summed E-state index contributed by atoms with van der Waals surface area (Å²) in [7, 11) is 1.42. The average molecular weight is 1050 g/mol. The predicted octanol–water partition coefficient (Wildman–Crippen LogP) is 4.72. The monoisotopic (exact) mass is 1050 g/mol. The van der Waals surface area contributed by atoms with Crippen LogP contribution in [0, 0.1) is 40.7 Å². The van der Waals surface area contributed by atoms with E-state index in [1.807, 2.05) is 24.3 Å². The molecule has 76 heavy (non-hydrogen) atoms. The number of phenols is 1. The van der Waals surface area contributed by atoms with E-state index in [0.29, 0.717) is 31.9 Å². The fraction of sp³-hybridized carbons (Fsp3) is 0.481. The van der Waals surface area contributed by atoms with Gasteiger partial charge in [-0.2, -0.15) is 0 Å². The van der Waals surface area contributed by atoms with Gasteiger partial charge in [0, 0.05) is 93.5 Å². The van der Waals surface area contributed by atoms with Gasteiger partial charge in [0.05, 0.1) is 47.8 Å². The summed E-state index contributed by atoms with van der Waals surface area (Å²) >= 11 is 0. The number of aromatic hydroxyl groups is 1. The van der Waals surface area contributed by atoms with Crippen LogP contribution in [0.5, 0.6) is 23.3 Å². The van der Waals surface area contributed by atoms with E-state index in [1.54, 1.807) is 49.3 Å². The van der Waals surface area contributed by atoms with Crippen LogP contribution < -0.4 is 19.5 Å². The first-order valence-electron chi connectivity index (χ1n) is 25.1. The summed E-state index contributed by atoms with van der Waals surface area (Å²) in [6.45, 7) is 14.7. The second kappa shape index (κ2) is 22.1. The summed E-state index contributed by atoms with van der Waals surface area (Å²) in [6, 6.07) is 7.63. The minimum atomic E-state index is -2.13. The van der Waals surface area contributed by atoms with Gasteiger partial charge in [-0.1, -0.05) is 58.1 Å². The number of amides is 1. The number of esters is 1. The van der Waals surface area contributed by atoms with Crippen LogP contribution in [0.4, 0.5) is 5.82 Å². The van der Waals surface area contributed by atoms with E-state index in [2.05, 4.69) is 15.2 Å². The van der Waals surface area contributed by atoms with E-state index in [4.69, 9.17) is 28.4 Å². The fourth-order valence-corrected chi connectivity index (χ4v) is 10.4. The van der Waals surface area contributed by atoms with Crippen molar-refractivity contribution in [3.63, 3.8) is 0 Å². The highest BCUT2D eigenvalue weighted by Gasteiger charge is 2.53. The average Bonchev–Trinajstić information content (AvgIpc) is 4.14. The lowest BCUT2D eigenvalue weighted by atomic mass is 9.78. The lowest BCUT2D eigenvalue weighted by Crippen LogP contribution is -2.49. The summed E-state index contributed by atoms with van der Waals surface area (Å²) in [6.07, 6.45) is 4.24. The van der Waals surface area contributed by atoms with E-state index in [0.717, 1.165) is 5.56 Å². The fourth-order valence-electron chi connectivity index (χ4n) is 10.4. The normalized spacial score (nSPS) is 29.9. The number of Topliss-reactive ketones (excluding diaryl/α,β-unsaturated/α-hetero) is 3. The Morgan fingerprint density at radius 1 is 0.947 bits per heavy atom. The lowest BCUT2D eigenvalue weighted by molar-refractivity contribution is -0.389. The van der Waals surface area contributed by atoms with Gasteiger partial charge in [-0.25, -0.2) is 0 Å². The van der Waals surface area contributed by atoms with Crippen LogP contribution in [0.1, 0.15) is 90.7 Å². The molecule has 1 fully saturated rings. The number of ether oxygens (including phenoxy) is 6. The van der Waals surface area contributed by atoms with Crippen LogP contribution in [0.15, 0.2) is 78.0 Å². The smallest absolute Gasteiger partial charge is 0.414 e. The minimum Gasteiger partial charge on any atom is -0.507 e. The number of allylic oxidation sites excluding steroid dienone is 4. The maximum atomic E-state index is 15.2. The van der Waals surface area contributed by atoms with Gasteiger partial charge in [0.2, 0.25) is 11.6 Å². The molecule has 5 bridgehead atoms. The molecule has 1 amide bonds. The number of hydrogen-bond acceptors (Lipinski definition) is 19. The van der Waals surface area contributed by atoms with E-state index in [1.165, 1.54) is 59.4 Å². The van der Waals surface area contributed by atoms with Gasteiger partial charge < -0.3 is 64.1 Å². The number of hydrogen-bond donors (Lipinski definition) is 4. The topological polar surface area (TPSA) is 281 Å². The molecule has 22 nitrogen and oxygen atoms in total. The number of aromatic nitrogens is 2. The lowest BCUT2D eigenvalue weighted by Gasteiger charge is -2.39. The van der Waals surface area contributed by atoms with Crippen LogP contribution in [-0.4, -0.2) is 145 Å². The van der Waals surface area contributed by atoms with Crippen molar-refractivity contribution in [3.05, 3.63) is 116 Å². The van der Waals surface area contributed by atoms with Crippen molar-refractivity contribution < 1.29 is 72.6 Å². The highest BCUT2D eigenvalue weighted by atomic mass is 16.7. The number of benzene rings is 2. The second-order valence-electron chi connectivity index (χ2n) is 20.3. The van der Waals surface area contributed by atoms with E-state index < -0.39 is 105 Å². The maximum Gasteiger partial charge on any atom is 0.414 e. The van der Waals surface area contributed by atoms with Crippen molar-refractivity contribution in [1.29, 1.82) is 0 Å². The Hall–Kier alpha value is -7.40. The Bertz CT molecular complexity index is 2910. The molecule has 6 aliphatic rings. The molecule has 6 heterocycles. The highest BCUT2D eigenvalue weighted by Crippen LogP contribution is 2.49. The molecular formula is C54H64N6O16. The molecule has 1 aromatic heterocycles. The summed E-state index contributed by atoms with van der Waals surface area (Å²) < 4.78 is 37.0. The zero-order chi connectivity index (χ0) is 55.1. The minimum absolute atomic E-state index is 0.0226. The van der Waals surface area contributed by atoms with Crippen LogP contribution in [0.3, 0.4) is 0 Å². The number of piperazine rings is 1. The van der Waals surface area contributed by atoms with Gasteiger partial charge >= 0.3 is 23.6 Å². The number of rotatable bonds is 9. The Balaban J connectivity index is 1.07. The highest BCUT2D eigenvalue weighted by molar-refractivity contribution is 6.32. The molecule has 3 aromatic rings. The number of phenolic OH excluding ortho intramolecular Hbond substituents is 1. The van der Waals surface area contributed by atoms with Gasteiger partial charge in [0.1, 0.15) is 47.6 Å². The first-order chi connectivity index (χ1) is 36.0. The van der Waals surface area contributed by atoms with Crippen LogP contribution in [0.25, 0.3) is 0 Å². The van der Waals surface area contributed by atoms with Gasteiger partial charge in [-0.15, -0.1) is 0 Å². The van der Waals surface area contributed by atoms with Gasteiger partial charge in [0.15, 0.2) is 6.10 Å². The number of nitro groups is 1. The number of methoxy groups -OCH3 is 1. The summed E-state index contributed by atoms with van der Waals surface area (Å²) in [5, 5.41) is 48.6. The Morgan fingerprint density at radius 2 is 1.64 bits per heavy atom. The van der Waals surface area contributed by atoms with Crippen molar-refractivity contribution in [2.75, 3.05) is 39.9 Å². The standard InChI is InChI=1S/C54H64N6O16/c1-27-11-10-12-28(2)52(68)56-42-43(58-20-18-57(19-21-58)23-34-13-15-35(16-14-34)72-26-36-24-59-25-38(60(69)70)55-53(59)75-36)48(66)39-40(47(42)65)46(64)32(6)50-41(39)51(67)54(8,76-50)73-22-17-37(71-9)29(3)49(74-33(7)61)31(5)45(63)30(4)44(27)62/h10-17,22,25,27,29-31,36-37,44-45,49,62-64H,18-21,23-24,26H2,1-9H3,(H,56,68)/b11-10+,22-17+,28-12-/t27-,29+,30+,31+,36?,37-,44-,45+,49+,54-/m0/s1. The van der Waals surface area contributed by atoms with Gasteiger partial charge in [0.25, 0.3) is 11.7 Å². The molecule has 5 aliphatic heterocycles. The summed E-state index contributed by atoms with van der Waals surface area (Å²) in [5.41, 5.74) is -0.673. The molecule has 1 unspecified atom stereocenters. The molecule has 406 valence electrons. The molecule has 4 N–H and O–H groups in total. The van der Waals surface area contributed by atoms with Crippen LogP contribution in [0.2, 0.25) is 0 Å². The quantitative estimate of drug-likeness (QED) is 0.128. The van der Waals surface area contributed by atoms with Crippen molar-refractivity contribution in [2.24, 2.45) is 23.7 Å². The third-order valence-electron chi connectivity index (χ3n) is 15.0. The zero-order valence-electron chi connectivity index (χ0n) is 43.8. The molecule has 9 rings (SSSR count). The van der Waals surface area contributed by atoms with Gasteiger partial charge in [-0.3, -0.25) is 33.4 Å². The largest absolute Gasteiger partial charge is 0.507 e. The van der Waals surface area contributed by atoms with E-state index >= 15 is 4.79 Å². The third-order valence-corrected chi connectivity index (χ3v) is 15.0. The van der Waals surface area contributed by atoms with Crippen LogP contribution >= 0.6 is 0 Å². The molecule has 2 aromatic carbocycles. The first kappa shape index (κ1) is 54.8. The molecule has 22 heteroatoms. The number of aliphatic hydroxyl groups excluding tert-OH is 2. The number of ketones is 3. The predicted molar refractivity (Wildman–Crippen MR) is 270 cm³/mol. The number of fused-ring (bicyclic) bond motifs is 15. The molecular weight excluding hydrogens is 989 g/mol. The zero-order valence-corrected chi connectivity index (χ0v) is 43.8. The Kier molecular flexibility index (Phi) is 15.9. The molecule has 1 aliphatic carbocycles. The Morgan fingerprint density at radius 3 is 2.29 bits per heavy atom. The number of carbonyl (C=O) groups is 5. The molecule has 1 saturated heterocycles. The van der Waals surface area contributed by atoms with Crippen molar-refractivity contribution in [2.45, 2.75) is 105 Å². The second-order valence-corrected chi connectivity index (χ2v) is 20.3. The van der Waals surface area contributed by atoms with Crippen molar-refractivity contribution in [1.82, 2.24) is 24.7 Å². The molecule has 0 radical (unpaired) electrons. The Labute approximate surface area is 438 Å². The number of aliphatic hydroxyl groups is 2. The molecule has 0 spiro atoms. The van der Waals surface area contributed by atoms with Crippen molar-refractivity contribution in [3.8, 4) is 23.3 Å². The summed E-state index contributed by atoms with van der Waals surface area (Å²) in [5.74, 6) is -9.14. The number of nitrogens with zero attached hydrogens (tertiary/aromatic N) is 5. The third kappa shape index (κ3) is 10.7. The molecule has 10 atom stereocenters. The van der Waals surface area contributed by atoms with Crippen LogP contribution in [-0.2, 0) is 36.9 Å². The maximum absolute atomic E-state index is 15.2. The number of nitrogens with one attached hydrogen (secondary N) is 1. The SMILES string of the molecule is CO[C@H]1/C=C/O[C@@]2(C)Oc3c(C)c(O)c4c(c3C2=O)C(=O)C(N2CCN(Cc3ccc(OCC5Cn6cc([N+](=O)[O-])nc6O5)cc3)CC2)=C(NC(=O)/C(C)=C\C=C\[C@H](C)[C@H](O)[C@@H](C)[C@@H](O)[C@@H](C)[C@H](OC(C)=O)[C@@H]1C)C4=O.